The number of hydrogen-bond acceptors (Lipinski definition) is 5. The van der Waals surface area contributed by atoms with E-state index in [1.165, 1.54) is 0 Å². The van der Waals surface area contributed by atoms with Crippen molar-refractivity contribution in [2.45, 2.75) is 19.9 Å². The molecule has 0 aromatic carbocycles. The summed E-state index contributed by atoms with van der Waals surface area (Å²) in [6.07, 6.45) is 3.27. The fraction of sp³-hybridized carbons (Fsp3) is 0.600. The van der Waals surface area contributed by atoms with Crippen LogP contribution in [0, 0.1) is 0 Å². The number of ether oxygens (including phenoxy) is 2. The molecule has 0 spiro atoms. The molecule has 1 unspecified atom stereocenters. The Morgan fingerprint density at radius 3 is 2.81 bits per heavy atom. The molecule has 1 heterocycles. The van der Waals surface area contributed by atoms with Gasteiger partial charge in [0, 0.05) is 39.7 Å². The van der Waals surface area contributed by atoms with Crippen LogP contribution in [0.4, 0.5) is 5.69 Å². The van der Waals surface area contributed by atoms with Gasteiger partial charge in [0.15, 0.2) is 0 Å². The third-order valence-corrected chi connectivity index (χ3v) is 3.16. The van der Waals surface area contributed by atoms with Crippen LogP contribution in [0.3, 0.4) is 0 Å². The van der Waals surface area contributed by atoms with Crippen molar-refractivity contribution in [1.82, 2.24) is 9.88 Å². The summed E-state index contributed by atoms with van der Waals surface area (Å²) in [5, 5.41) is 3.19. The molecule has 1 aromatic rings. The Morgan fingerprint density at radius 1 is 1.43 bits per heavy atom. The van der Waals surface area contributed by atoms with Crippen LogP contribution in [0.2, 0.25) is 0 Å². The summed E-state index contributed by atoms with van der Waals surface area (Å²) in [6, 6.07) is 1.78. The van der Waals surface area contributed by atoms with Crippen molar-refractivity contribution in [3.8, 4) is 0 Å². The summed E-state index contributed by atoms with van der Waals surface area (Å²) in [6.45, 7) is 6.17. The molecule has 1 rings (SSSR count). The van der Waals surface area contributed by atoms with Crippen LogP contribution < -0.4 is 5.32 Å². The van der Waals surface area contributed by atoms with Crippen molar-refractivity contribution < 1.29 is 14.3 Å². The van der Waals surface area contributed by atoms with Gasteiger partial charge in [-0.2, -0.15) is 0 Å². The topological polar surface area (TPSA) is 63.7 Å². The molecule has 0 radical (unpaired) electrons. The molecule has 6 heteroatoms. The van der Waals surface area contributed by atoms with Crippen molar-refractivity contribution in [2.75, 3.05) is 45.8 Å². The maximum Gasteiger partial charge on any atom is 0.257 e. The van der Waals surface area contributed by atoms with E-state index < -0.39 is 0 Å². The number of carbonyl (C=O) groups is 1. The van der Waals surface area contributed by atoms with Crippen LogP contribution in [0.25, 0.3) is 0 Å². The summed E-state index contributed by atoms with van der Waals surface area (Å²) in [4.78, 5) is 18.6. The summed E-state index contributed by atoms with van der Waals surface area (Å²) in [5.41, 5.74) is 1.36. The Kier molecular flexibility index (Phi) is 7.71. The summed E-state index contributed by atoms with van der Waals surface area (Å²) in [5.74, 6) is -0.0688. The zero-order valence-electron chi connectivity index (χ0n) is 13.3. The highest BCUT2D eigenvalue weighted by atomic mass is 16.5. The van der Waals surface area contributed by atoms with E-state index in [1.807, 2.05) is 19.9 Å². The Hall–Kier alpha value is -1.66. The number of pyridine rings is 1. The average molecular weight is 295 g/mol. The number of methoxy groups -OCH3 is 2. The van der Waals surface area contributed by atoms with Crippen LogP contribution in [-0.2, 0) is 9.47 Å². The van der Waals surface area contributed by atoms with Gasteiger partial charge in [0.25, 0.3) is 5.91 Å². The molecular weight excluding hydrogens is 270 g/mol. The molecule has 0 bridgehead atoms. The van der Waals surface area contributed by atoms with Crippen molar-refractivity contribution in [3.05, 3.63) is 24.0 Å². The van der Waals surface area contributed by atoms with Gasteiger partial charge in [-0.05, 0) is 19.9 Å². The predicted octanol–water partition coefficient (Wildman–Crippen LogP) is 1.64. The second kappa shape index (κ2) is 9.31. The van der Waals surface area contributed by atoms with E-state index >= 15 is 0 Å². The molecule has 118 valence electrons. The molecule has 1 atom stereocenters. The molecule has 21 heavy (non-hydrogen) atoms. The van der Waals surface area contributed by atoms with Gasteiger partial charge in [0.05, 0.1) is 30.5 Å². The SMILES string of the molecule is CCNc1ccncc1C(=O)N(CCOC)C(C)COC. The number of carbonyl (C=O) groups excluding carboxylic acids is 1. The lowest BCUT2D eigenvalue weighted by Gasteiger charge is -2.29. The summed E-state index contributed by atoms with van der Waals surface area (Å²) >= 11 is 0. The highest BCUT2D eigenvalue weighted by Gasteiger charge is 2.23. The zero-order valence-corrected chi connectivity index (χ0v) is 13.3. The number of rotatable bonds is 9. The van der Waals surface area contributed by atoms with E-state index in [2.05, 4.69) is 10.3 Å². The van der Waals surface area contributed by atoms with Crippen LogP contribution in [0.1, 0.15) is 24.2 Å². The van der Waals surface area contributed by atoms with Crippen LogP contribution in [0.5, 0.6) is 0 Å². The molecule has 0 aliphatic carbocycles. The molecule has 0 fully saturated rings. The van der Waals surface area contributed by atoms with Gasteiger partial charge < -0.3 is 19.7 Å². The van der Waals surface area contributed by atoms with E-state index in [4.69, 9.17) is 9.47 Å². The standard InChI is InChI=1S/C15H25N3O3/c1-5-17-14-6-7-16-10-13(14)15(19)18(8-9-20-3)12(2)11-21-4/h6-7,10,12H,5,8-9,11H2,1-4H3,(H,16,17). The quantitative estimate of drug-likeness (QED) is 0.750. The highest BCUT2D eigenvalue weighted by Crippen LogP contribution is 2.17. The van der Waals surface area contributed by atoms with E-state index in [0.29, 0.717) is 25.3 Å². The molecule has 1 amide bonds. The van der Waals surface area contributed by atoms with Crippen LogP contribution in [-0.4, -0.2) is 62.4 Å². The van der Waals surface area contributed by atoms with E-state index in [1.54, 1.807) is 31.5 Å². The first kappa shape index (κ1) is 17.4. The number of nitrogens with one attached hydrogen (secondary N) is 1. The molecule has 0 saturated heterocycles. The van der Waals surface area contributed by atoms with Crippen molar-refractivity contribution in [2.24, 2.45) is 0 Å². The number of hydrogen-bond donors (Lipinski definition) is 1. The molecule has 1 N–H and O–H groups in total. The van der Waals surface area contributed by atoms with Gasteiger partial charge in [-0.15, -0.1) is 0 Å². The maximum absolute atomic E-state index is 12.8. The third kappa shape index (κ3) is 4.99. The number of aromatic nitrogens is 1. The Morgan fingerprint density at radius 2 is 2.19 bits per heavy atom. The van der Waals surface area contributed by atoms with Gasteiger partial charge in [-0.25, -0.2) is 0 Å². The second-order valence-corrected chi connectivity index (χ2v) is 4.75. The predicted molar refractivity (Wildman–Crippen MR) is 82.7 cm³/mol. The monoisotopic (exact) mass is 295 g/mol. The van der Waals surface area contributed by atoms with Gasteiger partial charge >= 0.3 is 0 Å². The first-order chi connectivity index (χ1) is 10.2. The van der Waals surface area contributed by atoms with Gasteiger partial charge in [-0.1, -0.05) is 0 Å². The molecule has 1 aromatic heterocycles. The summed E-state index contributed by atoms with van der Waals surface area (Å²) in [7, 11) is 3.25. The van der Waals surface area contributed by atoms with E-state index in [-0.39, 0.29) is 11.9 Å². The van der Waals surface area contributed by atoms with Gasteiger partial charge in [-0.3, -0.25) is 9.78 Å². The Bertz CT molecular complexity index is 440. The Labute approximate surface area is 126 Å². The fourth-order valence-electron chi connectivity index (χ4n) is 2.11. The van der Waals surface area contributed by atoms with E-state index in [9.17, 15) is 4.79 Å². The lowest BCUT2D eigenvalue weighted by atomic mass is 10.1. The zero-order chi connectivity index (χ0) is 15.7. The van der Waals surface area contributed by atoms with Gasteiger partial charge in [0.2, 0.25) is 0 Å². The molecule has 6 nitrogen and oxygen atoms in total. The first-order valence-electron chi connectivity index (χ1n) is 7.12. The fourth-order valence-corrected chi connectivity index (χ4v) is 2.11. The van der Waals surface area contributed by atoms with Crippen molar-refractivity contribution in [3.63, 3.8) is 0 Å². The molecule has 0 aliphatic rings. The molecule has 0 saturated carbocycles. The minimum atomic E-state index is -0.0688. The summed E-state index contributed by atoms with van der Waals surface area (Å²) < 4.78 is 10.3. The lowest BCUT2D eigenvalue weighted by molar-refractivity contribution is 0.0480. The van der Waals surface area contributed by atoms with Crippen molar-refractivity contribution >= 4 is 11.6 Å². The number of amides is 1. The largest absolute Gasteiger partial charge is 0.385 e. The maximum atomic E-state index is 12.8. The minimum absolute atomic E-state index is 0.0349. The highest BCUT2D eigenvalue weighted by molar-refractivity contribution is 5.99. The van der Waals surface area contributed by atoms with Crippen molar-refractivity contribution in [1.29, 1.82) is 0 Å². The smallest absolute Gasteiger partial charge is 0.257 e. The lowest BCUT2D eigenvalue weighted by Crippen LogP contribution is -2.43. The van der Waals surface area contributed by atoms with Crippen LogP contribution >= 0.6 is 0 Å². The normalized spacial score (nSPS) is 12.0. The first-order valence-corrected chi connectivity index (χ1v) is 7.12. The molecule has 0 aliphatic heterocycles. The van der Waals surface area contributed by atoms with Crippen LogP contribution in [0.15, 0.2) is 18.5 Å². The number of nitrogens with zero attached hydrogens (tertiary/aromatic N) is 2. The Balaban J connectivity index is 2.98. The number of anilines is 1. The second-order valence-electron chi connectivity index (χ2n) is 4.75. The average Bonchev–Trinajstić information content (AvgIpc) is 2.48. The molecular formula is C15H25N3O3. The third-order valence-electron chi connectivity index (χ3n) is 3.16. The van der Waals surface area contributed by atoms with Gasteiger partial charge in [0.1, 0.15) is 0 Å². The van der Waals surface area contributed by atoms with E-state index in [0.717, 1.165) is 12.2 Å². The minimum Gasteiger partial charge on any atom is -0.385 e.